The molecule has 1 aliphatic heterocycles. The fourth-order valence-electron chi connectivity index (χ4n) is 1.68. The number of carboxylic acid groups (broad SMARTS) is 1. The molecule has 2 rings (SSSR count). The molecule has 0 aromatic carbocycles. The Hall–Kier alpha value is -1.62. The van der Waals surface area contributed by atoms with Crippen LogP contribution in [0.15, 0.2) is 18.3 Å². The summed E-state index contributed by atoms with van der Waals surface area (Å²) in [6.07, 6.45) is 5.76. The van der Waals surface area contributed by atoms with Crippen molar-refractivity contribution in [3.05, 3.63) is 24.0 Å². The van der Waals surface area contributed by atoms with Crippen molar-refractivity contribution in [2.75, 3.05) is 13.7 Å². The molecule has 1 aromatic heterocycles. The van der Waals surface area contributed by atoms with E-state index in [2.05, 4.69) is 11.9 Å². The zero-order chi connectivity index (χ0) is 13.4. The lowest BCUT2D eigenvalue weighted by molar-refractivity contribution is 0.0686. The minimum atomic E-state index is -1.08. The van der Waals surface area contributed by atoms with Gasteiger partial charge in [-0.05, 0) is 31.4 Å². The maximum Gasteiger partial charge on any atom is 0.358 e. The van der Waals surface area contributed by atoms with E-state index in [9.17, 15) is 4.79 Å². The van der Waals surface area contributed by atoms with Crippen LogP contribution in [0.2, 0.25) is 0 Å². The van der Waals surface area contributed by atoms with E-state index in [4.69, 9.17) is 14.6 Å². The Morgan fingerprint density at radius 1 is 1.67 bits per heavy atom. The Morgan fingerprint density at radius 2 is 2.44 bits per heavy atom. The number of methoxy groups -OCH3 is 1. The van der Waals surface area contributed by atoms with Crippen LogP contribution in [-0.2, 0) is 4.74 Å². The smallest absolute Gasteiger partial charge is 0.358 e. The van der Waals surface area contributed by atoms with E-state index in [0.29, 0.717) is 6.10 Å². The van der Waals surface area contributed by atoms with Gasteiger partial charge >= 0.3 is 5.97 Å². The Morgan fingerprint density at radius 3 is 2.83 bits per heavy atom. The second-order valence-corrected chi connectivity index (χ2v) is 3.90. The van der Waals surface area contributed by atoms with Crippen LogP contribution in [0, 0.1) is 0 Å². The van der Waals surface area contributed by atoms with Crippen molar-refractivity contribution in [3.63, 3.8) is 0 Å². The topological polar surface area (TPSA) is 68.7 Å². The Kier molecular flexibility index (Phi) is 6.14. The molecule has 0 aliphatic carbocycles. The molecule has 0 saturated carbocycles. The molecule has 1 unspecified atom stereocenters. The molecule has 1 atom stereocenters. The van der Waals surface area contributed by atoms with Gasteiger partial charge < -0.3 is 14.6 Å². The summed E-state index contributed by atoms with van der Waals surface area (Å²) < 4.78 is 10.1. The molecule has 1 aliphatic rings. The third kappa shape index (κ3) is 4.33. The van der Waals surface area contributed by atoms with Gasteiger partial charge in [0.2, 0.25) is 0 Å². The zero-order valence-corrected chi connectivity index (χ0v) is 10.8. The zero-order valence-electron chi connectivity index (χ0n) is 10.8. The fraction of sp³-hybridized carbons (Fsp3) is 0.538. The van der Waals surface area contributed by atoms with Gasteiger partial charge in [-0.3, -0.25) is 0 Å². The number of aromatic carboxylic acids is 1. The minimum absolute atomic E-state index is 0.0602. The van der Waals surface area contributed by atoms with Gasteiger partial charge in [0.05, 0.1) is 13.2 Å². The predicted molar refractivity (Wildman–Crippen MR) is 67.0 cm³/mol. The third-order valence-electron chi connectivity index (χ3n) is 2.67. The van der Waals surface area contributed by atoms with E-state index >= 15 is 0 Å². The van der Waals surface area contributed by atoms with E-state index in [1.54, 1.807) is 12.1 Å². The number of carbonyl (C=O) groups is 1. The summed E-state index contributed by atoms with van der Waals surface area (Å²) in [7, 11) is 1.41. The highest BCUT2D eigenvalue weighted by atomic mass is 16.5. The highest BCUT2D eigenvalue weighted by Crippen LogP contribution is 2.14. The summed E-state index contributed by atoms with van der Waals surface area (Å²) in [6, 6.07) is 3.17. The van der Waals surface area contributed by atoms with Gasteiger partial charge in [-0.25, -0.2) is 9.78 Å². The molecule has 5 heteroatoms. The van der Waals surface area contributed by atoms with E-state index in [-0.39, 0.29) is 11.4 Å². The standard InChI is InChI=1S/C7H7NO3.C6H12O/c1-11-5-3-2-4-8-6(5)7(9)10;1-2-6-4-3-5-7-6/h2-4H,1H3,(H,9,10);6H,2-5H2,1H3. The molecule has 0 bridgehead atoms. The SMILES string of the molecule is CCC1CCCO1.COc1cccnc1C(=O)O. The average Bonchev–Trinajstić information content (AvgIpc) is 2.92. The Bertz CT molecular complexity index is 375. The number of nitrogens with zero attached hydrogens (tertiary/aromatic N) is 1. The van der Waals surface area contributed by atoms with Gasteiger partial charge in [-0.15, -0.1) is 0 Å². The normalized spacial score (nSPS) is 17.8. The van der Waals surface area contributed by atoms with Gasteiger partial charge in [0.15, 0.2) is 11.4 Å². The maximum atomic E-state index is 10.4. The highest BCUT2D eigenvalue weighted by Gasteiger charge is 2.11. The Balaban J connectivity index is 0.000000199. The van der Waals surface area contributed by atoms with Crippen LogP contribution in [0.1, 0.15) is 36.7 Å². The van der Waals surface area contributed by atoms with E-state index in [1.165, 1.54) is 32.6 Å². The average molecular weight is 253 g/mol. The first-order chi connectivity index (χ1) is 8.69. The van der Waals surface area contributed by atoms with Crippen molar-refractivity contribution >= 4 is 5.97 Å². The van der Waals surface area contributed by atoms with Gasteiger partial charge in [-0.1, -0.05) is 6.92 Å². The number of ether oxygens (including phenoxy) is 2. The van der Waals surface area contributed by atoms with Gasteiger partial charge in [-0.2, -0.15) is 0 Å². The Labute approximate surface area is 107 Å². The first-order valence-corrected chi connectivity index (χ1v) is 6.03. The number of hydrogen-bond donors (Lipinski definition) is 1. The maximum absolute atomic E-state index is 10.4. The molecule has 1 saturated heterocycles. The van der Waals surface area contributed by atoms with Gasteiger partial charge in [0.1, 0.15) is 0 Å². The lowest BCUT2D eigenvalue weighted by atomic mass is 10.2. The largest absolute Gasteiger partial charge is 0.494 e. The summed E-state index contributed by atoms with van der Waals surface area (Å²) >= 11 is 0. The van der Waals surface area contributed by atoms with Crippen LogP contribution in [0.3, 0.4) is 0 Å². The lowest BCUT2D eigenvalue weighted by Crippen LogP contribution is -2.02. The fourth-order valence-corrected chi connectivity index (χ4v) is 1.68. The van der Waals surface area contributed by atoms with Crippen LogP contribution in [0.25, 0.3) is 0 Å². The van der Waals surface area contributed by atoms with Crippen molar-refractivity contribution in [1.29, 1.82) is 0 Å². The molecule has 1 fully saturated rings. The minimum Gasteiger partial charge on any atom is -0.494 e. The van der Waals surface area contributed by atoms with Crippen molar-refractivity contribution in [1.82, 2.24) is 4.98 Å². The summed E-state index contributed by atoms with van der Waals surface area (Å²) in [4.78, 5) is 14.1. The molecular formula is C13H19NO4. The molecule has 18 heavy (non-hydrogen) atoms. The van der Waals surface area contributed by atoms with E-state index in [0.717, 1.165) is 6.61 Å². The van der Waals surface area contributed by atoms with Crippen molar-refractivity contribution in [2.45, 2.75) is 32.3 Å². The summed E-state index contributed by atoms with van der Waals surface area (Å²) in [5.41, 5.74) is -0.0602. The van der Waals surface area contributed by atoms with Crippen molar-refractivity contribution in [3.8, 4) is 5.75 Å². The van der Waals surface area contributed by atoms with Gasteiger partial charge in [0, 0.05) is 12.8 Å². The molecule has 0 amide bonds. The van der Waals surface area contributed by atoms with Crippen molar-refractivity contribution in [2.24, 2.45) is 0 Å². The monoisotopic (exact) mass is 253 g/mol. The van der Waals surface area contributed by atoms with Crippen LogP contribution in [0.4, 0.5) is 0 Å². The van der Waals surface area contributed by atoms with E-state index < -0.39 is 5.97 Å². The lowest BCUT2D eigenvalue weighted by Gasteiger charge is -2.01. The third-order valence-corrected chi connectivity index (χ3v) is 2.67. The molecular weight excluding hydrogens is 234 g/mol. The predicted octanol–water partition coefficient (Wildman–Crippen LogP) is 2.36. The number of pyridine rings is 1. The first-order valence-electron chi connectivity index (χ1n) is 6.03. The van der Waals surface area contributed by atoms with Crippen LogP contribution >= 0.6 is 0 Å². The molecule has 2 heterocycles. The molecule has 5 nitrogen and oxygen atoms in total. The molecule has 100 valence electrons. The molecule has 0 spiro atoms. The number of carboxylic acids is 1. The highest BCUT2D eigenvalue weighted by molar-refractivity contribution is 5.88. The second-order valence-electron chi connectivity index (χ2n) is 3.90. The number of rotatable bonds is 3. The first kappa shape index (κ1) is 14.4. The molecule has 0 radical (unpaired) electrons. The number of hydrogen-bond acceptors (Lipinski definition) is 4. The van der Waals surface area contributed by atoms with Crippen molar-refractivity contribution < 1.29 is 19.4 Å². The summed E-state index contributed by atoms with van der Waals surface area (Å²) in [6.45, 7) is 3.18. The van der Waals surface area contributed by atoms with Crippen LogP contribution in [0.5, 0.6) is 5.75 Å². The van der Waals surface area contributed by atoms with Crippen LogP contribution < -0.4 is 4.74 Å². The van der Waals surface area contributed by atoms with Gasteiger partial charge in [0.25, 0.3) is 0 Å². The summed E-state index contributed by atoms with van der Waals surface area (Å²) in [5, 5.41) is 8.55. The number of aromatic nitrogens is 1. The second kappa shape index (κ2) is 7.66. The summed E-state index contributed by atoms with van der Waals surface area (Å²) in [5.74, 6) is -0.803. The quantitative estimate of drug-likeness (QED) is 0.895. The van der Waals surface area contributed by atoms with Crippen LogP contribution in [-0.4, -0.2) is 35.9 Å². The molecule has 1 aromatic rings. The molecule has 1 N–H and O–H groups in total. The van der Waals surface area contributed by atoms with E-state index in [1.807, 2.05) is 0 Å².